The van der Waals surface area contributed by atoms with E-state index in [1.807, 2.05) is 0 Å². The van der Waals surface area contributed by atoms with Crippen molar-refractivity contribution in [2.24, 2.45) is 11.8 Å². The number of hydrogen-bond donors (Lipinski definition) is 1. The number of ether oxygens (including phenoxy) is 3. The van der Waals surface area contributed by atoms with E-state index >= 15 is 0 Å². The Morgan fingerprint density at radius 2 is 0.709 bits per heavy atom. The Bertz CT molecular complexity index is 830. The van der Waals surface area contributed by atoms with Crippen molar-refractivity contribution in [3.05, 3.63) is 0 Å². The average Bonchev–Trinajstić information content (AvgIpc) is 3.18. The van der Waals surface area contributed by atoms with Gasteiger partial charge in [0.2, 0.25) is 0 Å². The molecule has 0 spiro atoms. The van der Waals surface area contributed by atoms with Crippen molar-refractivity contribution >= 4 is 17.9 Å². The predicted molar refractivity (Wildman–Crippen MR) is 230 cm³/mol. The molecule has 0 rings (SSSR count). The van der Waals surface area contributed by atoms with Gasteiger partial charge in [-0.2, -0.15) is 0 Å². The second-order valence-corrected chi connectivity index (χ2v) is 16.7. The number of unbranched alkanes of at least 4 members (excludes halogenated alkanes) is 21. The monoisotopic (exact) mass is 781 g/mol. The van der Waals surface area contributed by atoms with Crippen molar-refractivity contribution in [2.45, 2.75) is 259 Å². The molecule has 7 nitrogen and oxygen atoms in total. The molecule has 2 atom stereocenters. The van der Waals surface area contributed by atoms with Crippen LogP contribution in [0, 0.1) is 11.8 Å². The summed E-state index contributed by atoms with van der Waals surface area (Å²) in [4.78, 5) is 37.3. The van der Waals surface area contributed by atoms with Crippen LogP contribution in [0.3, 0.4) is 0 Å². The van der Waals surface area contributed by atoms with Crippen LogP contribution >= 0.6 is 0 Å². The zero-order valence-corrected chi connectivity index (χ0v) is 37.0. The smallest absolute Gasteiger partial charge is 0.306 e. The molecule has 0 aliphatic heterocycles. The molecule has 0 saturated heterocycles. The Morgan fingerprint density at radius 1 is 0.382 bits per heavy atom. The summed E-state index contributed by atoms with van der Waals surface area (Å²) in [5.41, 5.74) is 0. The van der Waals surface area contributed by atoms with Crippen molar-refractivity contribution in [1.82, 2.24) is 0 Å². The van der Waals surface area contributed by atoms with Crippen molar-refractivity contribution in [3.8, 4) is 0 Å². The highest BCUT2D eigenvalue weighted by Crippen LogP contribution is 2.20. The van der Waals surface area contributed by atoms with E-state index in [4.69, 9.17) is 14.2 Å². The van der Waals surface area contributed by atoms with Crippen LogP contribution in [-0.2, 0) is 28.6 Å². The maximum absolute atomic E-state index is 12.7. The summed E-state index contributed by atoms with van der Waals surface area (Å²) in [7, 11) is 0. The number of esters is 3. The summed E-state index contributed by atoms with van der Waals surface area (Å²) in [5.74, 6) is 0.127. The summed E-state index contributed by atoms with van der Waals surface area (Å²) < 4.78 is 17.1. The first-order chi connectivity index (χ1) is 26.9. The van der Waals surface area contributed by atoms with Crippen LogP contribution < -0.4 is 0 Å². The standard InChI is InChI=1S/C48H92O7/c1-5-9-13-16-21-27-35-45(36-28-22-17-14-10-6-2)55-48(52)39-31-24-30-38-47(51)54-42-44(40-49)34-26-20-18-19-23-29-37-46(50)53-41-43(32-12-8-4)33-25-15-11-7-3/h43-45,49H,5-42H2,1-4H3. The van der Waals surface area contributed by atoms with Gasteiger partial charge in [0.15, 0.2) is 0 Å². The highest BCUT2D eigenvalue weighted by atomic mass is 16.5. The summed E-state index contributed by atoms with van der Waals surface area (Å²) in [5, 5.41) is 9.81. The quantitative estimate of drug-likeness (QED) is 0.0374. The highest BCUT2D eigenvalue weighted by Gasteiger charge is 2.16. The third kappa shape index (κ3) is 37.7. The third-order valence-electron chi connectivity index (χ3n) is 11.2. The van der Waals surface area contributed by atoms with Gasteiger partial charge in [0.25, 0.3) is 0 Å². The number of carbonyl (C=O) groups excluding carboxylic acids is 3. The van der Waals surface area contributed by atoms with Crippen LogP contribution in [0.1, 0.15) is 252 Å². The lowest BCUT2D eigenvalue weighted by Gasteiger charge is -2.18. The fourth-order valence-electron chi connectivity index (χ4n) is 7.39. The first-order valence-corrected chi connectivity index (χ1v) is 24.0. The van der Waals surface area contributed by atoms with Crippen LogP contribution in [-0.4, -0.2) is 48.9 Å². The van der Waals surface area contributed by atoms with Gasteiger partial charge >= 0.3 is 17.9 Å². The SMILES string of the molecule is CCCCCCCCC(CCCCCCCC)OC(=O)CCCCCC(=O)OCC(CO)CCCCCCCCC(=O)OCC(CCCC)CCCCCC. The molecule has 55 heavy (non-hydrogen) atoms. The first-order valence-electron chi connectivity index (χ1n) is 24.0. The maximum atomic E-state index is 12.7. The largest absolute Gasteiger partial charge is 0.465 e. The number of hydrogen-bond acceptors (Lipinski definition) is 7. The molecule has 0 radical (unpaired) electrons. The number of rotatable bonds is 43. The van der Waals surface area contributed by atoms with Gasteiger partial charge < -0.3 is 19.3 Å². The molecular weight excluding hydrogens is 689 g/mol. The molecule has 0 aromatic rings. The highest BCUT2D eigenvalue weighted by molar-refractivity contribution is 5.70. The van der Waals surface area contributed by atoms with Crippen molar-refractivity contribution in [2.75, 3.05) is 19.8 Å². The molecule has 0 aliphatic rings. The molecule has 0 aromatic heterocycles. The molecule has 2 unspecified atom stereocenters. The maximum Gasteiger partial charge on any atom is 0.306 e. The van der Waals surface area contributed by atoms with E-state index in [-0.39, 0.29) is 43.1 Å². The summed E-state index contributed by atoms with van der Waals surface area (Å²) >= 11 is 0. The second kappa shape index (κ2) is 42.0. The van der Waals surface area contributed by atoms with Crippen LogP contribution in [0.4, 0.5) is 0 Å². The van der Waals surface area contributed by atoms with Gasteiger partial charge in [-0.15, -0.1) is 0 Å². The van der Waals surface area contributed by atoms with Gasteiger partial charge in [0.1, 0.15) is 6.10 Å². The van der Waals surface area contributed by atoms with E-state index in [1.165, 1.54) is 109 Å². The lowest BCUT2D eigenvalue weighted by molar-refractivity contribution is -0.150. The van der Waals surface area contributed by atoms with Gasteiger partial charge in [0.05, 0.1) is 13.2 Å². The number of aliphatic hydroxyl groups is 1. The van der Waals surface area contributed by atoms with Crippen LogP contribution in [0.15, 0.2) is 0 Å². The average molecular weight is 781 g/mol. The van der Waals surface area contributed by atoms with Crippen LogP contribution in [0.2, 0.25) is 0 Å². The molecule has 0 amide bonds. The summed E-state index contributed by atoms with van der Waals surface area (Å²) in [6, 6.07) is 0. The minimum absolute atomic E-state index is 0.0221. The minimum atomic E-state index is -0.221. The van der Waals surface area contributed by atoms with E-state index in [0.29, 0.717) is 38.2 Å². The molecular formula is C48H92O7. The Hall–Kier alpha value is -1.63. The molecule has 7 heteroatoms. The van der Waals surface area contributed by atoms with E-state index in [2.05, 4.69) is 27.7 Å². The minimum Gasteiger partial charge on any atom is -0.465 e. The summed E-state index contributed by atoms with van der Waals surface area (Å²) in [6.07, 6.45) is 37.3. The second-order valence-electron chi connectivity index (χ2n) is 16.7. The lowest BCUT2D eigenvalue weighted by Crippen LogP contribution is -2.18. The van der Waals surface area contributed by atoms with Crippen molar-refractivity contribution in [1.29, 1.82) is 0 Å². The first kappa shape index (κ1) is 53.4. The van der Waals surface area contributed by atoms with Crippen molar-refractivity contribution in [3.63, 3.8) is 0 Å². The molecule has 0 aromatic carbocycles. The topological polar surface area (TPSA) is 99.1 Å². The molecule has 0 fully saturated rings. The Labute approximate surface area is 341 Å². The number of aliphatic hydroxyl groups excluding tert-OH is 1. The Morgan fingerprint density at radius 3 is 1.18 bits per heavy atom. The molecule has 326 valence electrons. The Kier molecular flexibility index (Phi) is 40.7. The normalized spacial score (nSPS) is 12.5. The zero-order chi connectivity index (χ0) is 40.5. The Balaban J connectivity index is 4.04. The molecule has 0 aliphatic carbocycles. The fraction of sp³-hybridized carbons (Fsp3) is 0.938. The van der Waals surface area contributed by atoms with Gasteiger partial charge in [-0.3, -0.25) is 14.4 Å². The van der Waals surface area contributed by atoms with Crippen LogP contribution in [0.5, 0.6) is 0 Å². The predicted octanol–water partition coefficient (Wildman–Crippen LogP) is 13.9. The third-order valence-corrected chi connectivity index (χ3v) is 11.2. The molecule has 0 heterocycles. The van der Waals surface area contributed by atoms with Crippen molar-refractivity contribution < 1.29 is 33.7 Å². The molecule has 0 saturated carbocycles. The molecule has 1 N–H and O–H groups in total. The van der Waals surface area contributed by atoms with E-state index < -0.39 is 0 Å². The van der Waals surface area contributed by atoms with Crippen LogP contribution in [0.25, 0.3) is 0 Å². The van der Waals surface area contributed by atoms with E-state index in [9.17, 15) is 19.5 Å². The zero-order valence-electron chi connectivity index (χ0n) is 37.0. The van der Waals surface area contributed by atoms with Gasteiger partial charge in [-0.05, 0) is 70.1 Å². The van der Waals surface area contributed by atoms with Gasteiger partial charge in [-0.25, -0.2) is 0 Å². The van der Waals surface area contributed by atoms with Gasteiger partial charge in [-0.1, -0.05) is 169 Å². The molecule has 0 bridgehead atoms. The number of carbonyl (C=O) groups is 3. The van der Waals surface area contributed by atoms with Gasteiger partial charge in [0, 0.05) is 31.8 Å². The summed E-state index contributed by atoms with van der Waals surface area (Å²) in [6.45, 7) is 9.81. The fourth-order valence-corrected chi connectivity index (χ4v) is 7.39. The van der Waals surface area contributed by atoms with E-state index in [1.54, 1.807) is 0 Å². The lowest BCUT2D eigenvalue weighted by atomic mass is 9.96. The van der Waals surface area contributed by atoms with E-state index in [0.717, 1.165) is 89.9 Å².